The quantitative estimate of drug-likeness (QED) is 0.508. The van der Waals surface area contributed by atoms with E-state index in [0.717, 1.165) is 0 Å². The van der Waals surface area contributed by atoms with Crippen LogP contribution in [0, 0.1) is 0 Å². The summed E-state index contributed by atoms with van der Waals surface area (Å²) in [4.78, 5) is 0. The van der Waals surface area contributed by atoms with E-state index >= 15 is 0 Å². The summed E-state index contributed by atoms with van der Waals surface area (Å²) < 4.78 is 0. The number of rotatable bonds is 3. The van der Waals surface area contributed by atoms with Gasteiger partial charge in [-0.25, -0.2) is 15.0 Å². The Balaban J connectivity index is 3.98. The predicted octanol–water partition coefficient (Wildman–Crippen LogP) is -0.282. The fourth-order valence-electron chi connectivity index (χ4n) is 1.07. The van der Waals surface area contributed by atoms with Crippen LogP contribution < -0.4 is 0 Å². The van der Waals surface area contributed by atoms with E-state index in [4.69, 9.17) is 0 Å². The van der Waals surface area contributed by atoms with Gasteiger partial charge >= 0.3 is 0 Å². The Hall–Kier alpha value is -0.160. The van der Waals surface area contributed by atoms with Gasteiger partial charge in [-0.3, -0.25) is 0 Å². The molecule has 0 atom stereocenters. The smallest absolute Gasteiger partial charge is 0.00427 e. The molecule has 0 aliphatic carbocycles. The molecule has 0 unspecified atom stereocenters. The maximum absolute atomic E-state index is 2.00. The minimum absolute atomic E-state index is 2.00. The molecular formula is C6H18N4. The minimum Gasteiger partial charge on any atom is -0.220 e. The molecule has 0 N–H and O–H groups in total. The monoisotopic (exact) mass is 146 g/mol. The van der Waals surface area contributed by atoms with Gasteiger partial charge in [-0.1, -0.05) is 0 Å². The molecule has 10 heavy (non-hydrogen) atoms. The van der Waals surface area contributed by atoms with Gasteiger partial charge in [0.05, 0.1) is 0 Å². The van der Waals surface area contributed by atoms with E-state index in [-0.39, 0.29) is 0 Å². The lowest BCUT2D eigenvalue weighted by Crippen LogP contribution is -2.53. The highest BCUT2D eigenvalue weighted by molar-refractivity contribution is 4.33. The Bertz CT molecular complexity index is 70.7. The van der Waals surface area contributed by atoms with Crippen LogP contribution in [-0.4, -0.2) is 62.5 Å². The summed E-state index contributed by atoms with van der Waals surface area (Å²) in [6, 6.07) is 0. The molecule has 0 saturated heterocycles. The Kier molecular flexibility index (Phi) is 3.81. The third-order valence-electron chi connectivity index (χ3n) is 1.07. The Morgan fingerprint density at radius 3 is 0.700 bits per heavy atom. The van der Waals surface area contributed by atoms with Crippen molar-refractivity contribution in [3.8, 4) is 0 Å². The molecule has 0 spiro atoms. The van der Waals surface area contributed by atoms with Gasteiger partial charge in [0.15, 0.2) is 0 Å². The number of hydrogen-bond donors (Lipinski definition) is 0. The molecule has 0 heterocycles. The van der Waals surface area contributed by atoms with Gasteiger partial charge in [0.1, 0.15) is 0 Å². The van der Waals surface area contributed by atoms with Gasteiger partial charge in [0.25, 0.3) is 0 Å². The highest BCUT2D eigenvalue weighted by Gasteiger charge is 2.10. The van der Waals surface area contributed by atoms with Crippen molar-refractivity contribution in [2.45, 2.75) is 0 Å². The zero-order chi connectivity index (χ0) is 8.31. The molecule has 0 rings (SSSR count). The molecule has 4 nitrogen and oxygen atoms in total. The SMILES string of the molecule is CN(C)N(N(C)C)N(C)C. The maximum atomic E-state index is 2.00. The van der Waals surface area contributed by atoms with Crippen LogP contribution in [0.3, 0.4) is 0 Å². The molecule has 0 aliphatic rings. The van der Waals surface area contributed by atoms with Crippen molar-refractivity contribution in [2.75, 3.05) is 42.3 Å². The minimum atomic E-state index is 2.00. The van der Waals surface area contributed by atoms with Crippen molar-refractivity contribution < 1.29 is 0 Å². The number of nitrogens with zero attached hydrogens (tertiary/aromatic N) is 4. The molecule has 0 aromatic heterocycles. The van der Waals surface area contributed by atoms with Gasteiger partial charge in [-0.15, -0.1) is 5.23 Å². The molecule has 0 fully saturated rings. The molecule has 0 bridgehead atoms. The van der Waals surface area contributed by atoms with E-state index in [1.54, 1.807) is 0 Å². The van der Waals surface area contributed by atoms with Crippen molar-refractivity contribution in [3.05, 3.63) is 0 Å². The first kappa shape index (κ1) is 9.84. The maximum Gasteiger partial charge on any atom is 0.00427 e. The van der Waals surface area contributed by atoms with Gasteiger partial charge in [0, 0.05) is 42.3 Å². The van der Waals surface area contributed by atoms with Gasteiger partial charge in [-0.2, -0.15) is 0 Å². The highest BCUT2D eigenvalue weighted by Crippen LogP contribution is 1.95. The topological polar surface area (TPSA) is 13.0 Å². The summed E-state index contributed by atoms with van der Waals surface area (Å²) in [5, 5.41) is 8.00. The van der Waals surface area contributed by atoms with E-state index in [9.17, 15) is 0 Å². The lowest BCUT2D eigenvalue weighted by Gasteiger charge is -2.38. The highest BCUT2D eigenvalue weighted by atomic mass is 16.0. The summed E-state index contributed by atoms with van der Waals surface area (Å²) >= 11 is 0. The van der Waals surface area contributed by atoms with Crippen LogP contribution in [0.25, 0.3) is 0 Å². The van der Waals surface area contributed by atoms with E-state index < -0.39 is 0 Å². The lowest BCUT2D eigenvalue weighted by molar-refractivity contribution is -0.256. The van der Waals surface area contributed by atoms with Crippen LogP contribution in [0.15, 0.2) is 0 Å². The fourth-order valence-corrected chi connectivity index (χ4v) is 1.07. The Morgan fingerprint density at radius 2 is 0.700 bits per heavy atom. The summed E-state index contributed by atoms with van der Waals surface area (Å²) in [5.41, 5.74) is 0. The first-order chi connectivity index (χ1) is 4.46. The largest absolute Gasteiger partial charge is 0.220 e. The number of hydrogen-bond acceptors (Lipinski definition) is 4. The van der Waals surface area contributed by atoms with Crippen LogP contribution in [0.2, 0.25) is 0 Å². The van der Waals surface area contributed by atoms with Crippen LogP contribution in [-0.2, 0) is 0 Å². The number of hydrazine groups is 3. The van der Waals surface area contributed by atoms with Gasteiger partial charge < -0.3 is 0 Å². The van der Waals surface area contributed by atoms with E-state index in [1.165, 1.54) is 0 Å². The third-order valence-corrected chi connectivity index (χ3v) is 1.07. The molecule has 62 valence electrons. The first-order valence-corrected chi connectivity index (χ1v) is 3.28. The molecule has 0 saturated carbocycles. The second kappa shape index (κ2) is 3.88. The van der Waals surface area contributed by atoms with Crippen molar-refractivity contribution in [1.82, 2.24) is 20.3 Å². The molecule has 0 radical (unpaired) electrons. The van der Waals surface area contributed by atoms with Gasteiger partial charge in [-0.05, 0) is 0 Å². The molecule has 4 heteroatoms. The average molecular weight is 146 g/mol. The predicted molar refractivity (Wildman–Crippen MR) is 42.9 cm³/mol. The normalized spacial score (nSPS) is 12.6. The van der Waals surface area contributed by atoms with Crippen LogP contribution in [0.4, 0.5) is 0 Å². The summed E-state index contributed by atoms with van der Waals surface area (Å²) in [6.45, 7) is 0. The zero-order valence-electron chi connectivity index (χ0n) is 7.79. The average Bonchev–Trinajstić information content (AvgIpc) is 1.59. The Labute approximate surface area is 63.5 Å². The first-order valence-electron chi connectivity index (χ1n) is 3.28. The molecule has 0 amide bonds. The van der Waals surface area contributed by atoms with E-state index in [1.807, 2.05) is 62.5 Å². The van der Waals surface area contributed by atoms with Crippen LogP contribution in [0.5, 0.6) is 0 Å². The van der Waals surface area contributed by atoms with Crippen molar-refractivity contribution in [2.24, 2.45) is 0 Å². The molecule has 0 aromatic rings. The van der Waals surface area contributed by atoms with E-state index in [0.29, 0.717) is 0 Å². The van der Waals surface area contributed by atoms with Gasteiger partial charge in [0.2, 0.25) is 0 Å². The Morgan fingerprint density at radius 1 is 0.500 bits per heavy atom. The van der Waals surface area contributed by atoms with Crippen LogP contribution in [0.1, 0.15) is 0 Å². The molecule has 0 aliphatic heterocycles. The second-order valence-corrected chi connectivity index (χ2v) is 2.81. The second-order valence-electron chi connectivity index (χ2n) is 2.81. The summed E-state index contributed by atoms with van der Waals surface area (Å²) in [5.74, 6) is 0. The standard InChI is InChI=1S/C6H18N4/c1-7(2)10(8(3)4)9(5)6/h1-6H3. The van der Waals surface area contributed by atoms with Crippen molar-refractivity contribution in [3.63, 3.8) is 0 Å². The van der Waals surface area contributed by atoms with Crippen molar-refractivity contribution >= 4 is 0 Å². The fraction of sp³-hybridized carbons (Fsp3) is 1.00. The lowest BCUT2D eigenvalue weighted by atomic mass is 11.0. The molecular weight excluding hydrogens is 128 g/mol. The van der Waals surface area contributed by atoms with Crippen molar-refractivity contribution in [1.29, 1.82) is 0 Å². The van der Waals surface area contributed by atoms with Crippen LogP contribution >= 0.6 is 0 Å². The third kappa shape index (κ3) is 2.62. The zero-order valence-corrected chi connectivity index (χ0v) is 7.79. The summed E-state index contributed by atoms with van der Waals surface area (Å²) in [7, 11) is 12.0. The summed E-state index contributed by atoms with van der Waals surface area (Å²) in [6.07, 6.45) is 0. The molecule has 0 aromatic carbocycles. The van der Waals surface area contributed by atoms with E-state index in [2.05, 4.69) is 0 Å².